The van der Waals surface area contributed by atoms with Crippen LogP contribution >= 0.6 is 0 Å². The molecule has 0 bridgehead atoms. The minimum Gasteiger partial charge on any atom is -0.336 e. The van der Waals surface area contributed by atoms with Crippen LogP contribution in [0.5, 0.6) is 0 Å². The Morgan fingerprint density at radius 1 is 1.15 bits per heavy atom. The third-order valence-electron chi connectivity index (χ3n) is 4.06. The summed E-state index contributed by atoms with van der Waals surface area (Å²) in [5.74, 6) is 0.938. The van der Waals surface area contributed by atoms with E-state index in [-0.39, 0.29) is 5.91 Å². The topological polar surface area (TPSA) is 23.6 Å². The van der Waals surface area contributed by atoms with Gasteiger partial charge < -0.3 is 4.90 Å². The summed E-state index contributed by atoms with van der Waals surface area (Å²) in [5, 5.41) is 0. The minimum atomic E-state index is 0.187. The van der Waals surface area contributed by atoms with Crippen molar-refractivity contribution in [2.24, 2.45) is 5.92 Å². The molecule has 0 N–H and O–H groups in total. The fourth-order valence-corrected chi connectivity index (χ4v) is 2.60. The number of aryl methyl sites for hydroxylation is 1. The first-order chi connectivity index (χ1) is 9.58. The Bertz CT molecular complexity index is 448. The van der Waals surface area contributed by atoms with Gasteiger partial charge in [-0.15, -0.1) is 0 Å². The number of carbonyl (C=O) groups is 1. The summed E-state index contributed by atoms with van der Waals surface area (Å²) < 4.78 is 0. The quantitative estimate of drug-likeness (QED) is 0.843. The number of nitrogens with zero attached hydrogens (tertiary/aromatic N) is 2. The van der Waals surface area contributed by atoms with Crippen LogP contribution in [0.2, 0.25) is 0 Å². The van der Waals surface area contributed by atoms with E-state index in [1.807, 2.05) is 36.1 Å². The van der Waals surface area contributed by atoms with Crippen molar-refractivity contribution in [1.82, 2.24) is 9.80 Å². The van der Waals surface area contributed by atoms with Gasteiger partial charge in [-0.2, -0.15) is 0 Å². The fourth-order valence-electron chi connectivity index (χ4n) is 2.60. The minimum absolute atomic E-state index is 0.187. The van der Waals surface area contributed by atoms with E-state index < -0.39 is 0 Å². The van der Waals surface area contributed by atoms with Gasteiger partial charge in [-0.25, -0.2) is 0 Å². The van der Waals surface area contributed by atoms with E-state index in [1.54, 1.807) is 0 Å². The Kier molecular flexibility index (Phi) is 5.18. The summed E-state index contributed by atoms with van der Waals surface area (Å²) in [6.07, 6.45) is 1.24. The van der Waals surface area contributed by atoms with Gasteiger partial charge in [0, 0.05) is 31.7 Å². The van der Waals surface area contributed by atoms with E-state index in [1.165, 1.54) is 6.42 Å². The van der Waals surface area contributed by atoms with E-state index in [9.17, 15) is 4.79 Å². The van der Waals surface area contributed by atoms with Crippen LogP contribution in [-0.4, -0.2) is 48.4 Å². The molecular weight excluding hydrogens is 248 g/mol. The average Bonchev–Trinajstić information content (AvgIpc) is 2.45. The van der Waals surface area contributed by atoms with Crippen molar-refractivity contribution in [3.63, 3.8) is 0 Å². The molecule has 3 heteroatoms. The second kappa shape index (κ2) is 6.89. The van der Waals surface area contributed by atoms with Crippen LogP contribution in [0, 0.1) is 12.8 Å². The number of hydrogen-bond donors (Lipinski definition) is 0. The molecule has 0 spiro atoms. The first-order valence-electron chi connectivity index (χ1n) is 7.65. The molecule has 0 radical (unpaired) electrons. The molecule has 1 aromatic rings. The molecule has 1 heterocycles. The Hall–Kier alpha value is -1.35. The number of piperazine rings is 1. The SMILES string of the molecule is Cc1ccccc1C(=O)N1CCN(CCC(C)C)CC1. The van der Waals surface area contributed by atoms with E-state index in [0.29, 0.717) is 0 Å². The van der Waals surface area contributed by atoms with Crippen molar-refractivity contribution >= 4 is 5.91 Å². The van der Waals surface area contributed by atoms with Gasteiger partial charge in [0.1, 0.15) is 0 Å². The van der Waals surface area contributed by atoms with Crippen LogP contribution in [0.4, 0.5) is 0 Å². The molecule has 3 nitrogen and oxygen atoms in total. The summed E-state index contributed by atoms with van der Waals surface area (Å²) in [5.41, 5.74) is 1.92. The van der Waals surface area contributed by atoms with E-state index >= 15 is 0 Å². The normalized spacial score (nSPS) is 16.7. The zero-order chi connectivity index (χ0) is 14.5. The van der Waals surface area contributed by atoms with Crippen LogP contribution in [0.15, 0.2) is 24.3 Å². The fraction of sp³-hybridized carbons (Fsp3) is 0.588. The van der Waals surface area contributed by atoms with Crippen LogP contribution in [0.25, 0.3) is 0 Å². The lowest BCUT2D eigenvalue weighted by molar-refractivity contribution is 0.0631. The number of hydrogen-bond acceptors (Lipinski definition) is 2. The van der Waals surface area contributed by atoms with Gasteiger partial charge >= 0.3 is 0 Å². The molecule has 110 valence electrons. The molecule has 1 aliphatic heterocycles. The summed E-state index contributed by atoms with van der Waals surface area (Å²) in [4.78, 5) is 17.0. The van der Waals surface area contributed by atoms with Crippen molar-refractivity contribution in [2.75, 3.05) is 32.7 Å². The Labute approximate surface area is 122 Å². The molecule has 1 aromatic carbocycles. The third-order valence-corrected chi connectivity index (χ3v) is 4.06. The maximum absolute atomic E-state index is 12.5. The highest BCUT2D eigenvalue weighted by Crippen LogP contribution is 2.13. The smallest absolute Gasteiger partial charge is 0.254 e. The molecule has 0 aliphatic carbocycles. The lowest BCUT2D eigenvalue weighted by Gasteiger charge is -2.35. The van der Waals surface area contributed by atoms with Crippen molar-refractivity contribution in [1.29, 1.82) is 0 Å². The molecule has 1 fully saturated rings. The predicted octanol–water partition coefficient (Wildman–Crippen LogP) is 2.80. The standard InChI is InChI=1S/C17H26N2O/c1-14(2)8-9-18-10-12-19(13-11-18)17(20)16-7-5-4-6-15(16)3/h4-7,14H,8-13H2,1-3H3. The maximum atomic E-state index is 12.5. The van der Waals surface area contributed by atoms with E-state index in [0.717, 1.165) is 49.8 Å². The van der Waals surface area contributed by atoms with E-state index in [2.05, 4.69) is 18.7 Å². The zero-order valence-electron chi connectivity index (χ0n) is 12.9. The first-order valence-corrected chi connectivity index (χ1v) is 7.65. The highest BCUT2D eigenvalue weighted by molar-refractivity contribution is 5.95. The first kappa shape index (κ1) is 15.0. The Morgan fingerprint density at radius 2 is 1.80 bits per heavy atom. The Morgan fingerprint density at radius 3 is 2.40 bits per heavy atom. The second-order valence-electron chi connectivity index (χ2n) is 6.13. The molecule has 0 atom stereocenters. The molecule has 0 unspecified atom stereocenters. The van der Waals surface area contributed by atoms with Gasteiger partial charge in [0.05, 0.1) is 0 Å². The molecule has 20 heavy (non-hydrogen) atoms. The average molecular weight is 274 g/mol. The molecule has 1 aliphatic rings. The number of benzene rings is 1. The van der Waals surface area contributed by atoms with Gasteiger partial charge in [-0.05, 0) is 37.4 Å². The van der Waals surface area contributed by atoms with Crippen LogP contribution in [-0.2, 0) is 0 Å². The van der Waals surface area contributed by atoms with Gasteiger partial charge in [-0.1, -0.05) is 32.0 Å². The number of amides is 1. The van der Waals surface area contributed by atoms with Crippen molar-refractivity contribution < 1.29 is 4.79 Å². The predicted molar refractivity (Wildman–Crippen MR) is 83.0 cm³/mol. The largest absolute Gasteiger partial charge is 0.336 e. The van der Waals surface area contributed by atoms with Gasteiger partial charge in [-0.3, -0.25) is 9.69 Å². The maximum Gasteiger partial charge on any atom is 0.254 e. The van der Waals surface area contributed by atoms with Crippen molar-refractivity contribution in [3.05, 3.63) is 35.4 Å². The highest BCUT2D eigenvalue weighted by atomic mass is 16.2. The van der Waals surface area contributed by atoms with Gasteiger partial charge in [0.25, 0.3) is 5.91 Å². The molecule has 2 rings (SSSR count). The summed E-state index contributed by atoms with van der Waals surface area (Å²) >= 11 is 0. The van der Waals surface area contributed by atoms with Crippen LogP contribution in [0.3, 0.4) is 0 Å². The monoisotopic (exact) mass is 274 g/mol. The summed E-state index contributed by atoms with van der Waals surface area (Å²) in [6.45, 7) is 11.4. The number of carbonyl (C=O) groups excluding carboxylic acids is 1. The summed E-state index contributed by atoms with van der Waals surface area (Å²) in [6, 6.07) is 7.87. The lowest BCUT2D eigenvalue weighted by atomic mass is 10.1. The molecule has 1 saturated heterocycles. The number of rotatable bonds is 4. The van der Waals surface area contributed by atoms with Crippen molar-refractivity contribution in [3.8, 4) is 0 Å². The molecule has 1 amide bonds. The van der Waals surface area contributed by atoms with Crippen LogP contribution < -0.4 is 0 Å². The summed E-state index contributed by atoms with van der Waals surface area (Å²) in [7, 11) is 0. The second-order valence-corrected chi connectivity index (χ2v) is 6.13. The van der Waals surface area contributed by atoms with Crippen molar-refractivity contribution in [2.45, 2.75) is 27.2 Å². The lowest BCUT2D eigenvalue weighted by Crippen LogP contribution is -2.49. The zero-order valence-corrected chi connectivity index (χ0v) is 12.9. The molecular formula is C17H26N2O. The van der Waals surface area contributed by atoms with E-state index in [4.69, 9.17) is 0 Å². The van der Waals surface area contributed by atoms with Gasteiger partial charge in [0.15, 0.2) is 0 Å². The third kappa shape index (κ3) is 3.83. The molecule has 0 aromatic heterocycles. The highest BCUT2D eigenvalue weighted by Gasteiger charge is 2.22. The van der Waals surface area contributed by atoms with Gasteiger partial charge in [0.2, 0.25) is 0 Å². The molecule has 0 saturated carbocycles. The van der Waals surface area contributed by atoms with Crippen LogP contribution in [0.1, 0.15) is 36.2 Å². The Balaban J connectivity index is 1.88.